The number of ether oxygens (including phenoxy) is 1. The average molecular weight is 609 g/mol. The first-order valence-corrected chi connectivity index (χ1v) is 15.0. The summed E-state index contributed by atoms with van der Waals surface area (Å²) in [5, 5.41) is 34.6. The minimum atomic E-state index is -1.83. The van der Waals surface area contributed by atoms with Crippen molar-refractivity contribution in [1.82, 2.24) is 25.9 Å². The third-order valence-corrected chi connectivity index (χ3v) is 9.34. The van der Waals surface area contributed by atoms with E-state index in [-0.39, 0.29) is 23.1 Å². The summed E-state index contributed by atoms with van der Waals surface area (Å²) in [5.41, 5.74) is -1.57. The number of thioether (sulfide) groups is 2. The van der Waals surface area contributed by atoms with E-state index in [1.54, 1.807) is 23.6 Å². The maximum Gasteiger partial charge on any atom is 0.352 e. The van der Waals surface area contributed by atoms with Crippen LogP contribution in [0, 0.1) is 11.1 Å². The van der Waals surface area contributed by atoms with E-state index < -0.39 is 41.0 Å². The summed E-state index contributed by atoms with van der Waals surface area (Å²) in [6.45, 7) is 4.28. The van der Waals surface area contributed by atoms with E-state index in [0.717, 1.165) is 4.90 Å². The second-order valence-electron chi connectivity index (χ2n) is 9.26. The van der Waals surface area contributed by atoms with Gasteiger partial charge in [-0.15, -0.1) is 23.1 Å². The molecule has 0 radical (unpaired) electrons. The number of methoxy groups -OCH3 is 1. The number of hydrogen-bond acceptors (Lipinski definition) is 10. The second kappa shape index (κ2) is 12.4. The number of rotatable bonds is 11. The van der Waals surface area contributed by atoms with Crippen molar-refractivity contribution < 1.29 is 33.9 Å². The molecule has 214 valence electrons. The number of aliphatic carboxylic acids is 1. The molecule has 2 unspecified atom stereocenters. The molecule has 0 bridgehead atoms. The average Bonchev–Trinajstić information content (AvgIpc) is 3.46. The van der Waals surface area contributed by atoms with Crippen LogP contribution >= 0.6 is 34.9 Å². The van der Waals surface area contributed by atoms with Gasteiger partial charge in [0, 0.05) is 41.2 Å². The van der Waals surface area contributed by atoms with Crippen molar-refractivity contribution in [2.75, 3.05) is 25.2 Å². The topological polar surface area (TPSA) is 177 Å². The van der Waals surface area contributed by atoms with E-state index >= 15 is 0 Å². The highest BCUT2D eigenvalue weighted by Crippen LogP contribution is 2.47. The molecule has 0 saturated carbocycles. The Labute approximate surface area is 242 Å². The van der Waals surface area contributed by atoms with Gasteiger partial charge in [-0.05, 0) is 29.0 Å². The zero-order chi connectivity index (χ0) is 29.0. The van der Waals surface area contributed by atoms with Crippen LogP contribution in [0.25, 0.3) is 0 Å². The molecule has 4 heterocycles. The fourth-order valence-corrected chi connectivity index (χ4v) is 7.33. The van der Waals surface area contributed by atoms with Crippen LogP contribution in [0.5, 0.6) is 0 Å². The number of amides is 4. The summed E-state index contributed by atoms with van der Waals surface area (Å²) < 4.78 is 5.55. The number of aromatic nitrogens is 2. The van der Waals surface area contributed by atoms with Gasteiger partial charge in [0.25, 0.3) is 17.5 Å². The fourth-order valence-electron chi connectivity index (χ4n) is 4.11. The van der Waals surface area contributed by atoms with Gasteiger partial charge in [0.15, 0.2) is 5.03 Å². The van der Waals surface area contributed by atoms with E-state index in [4.69, 9.17) is 4.74 Å². The lowest BCUT2D eigenvalue weighted by Crippen LogP contribution is -2.81. The summed E-state index contributed by atoms with van der Waals surface area (Å²) in [6, 6.07) is 4.92. The van der Waals surface area contributed by atoms with E-state index in [0.29, 0.717) is 26.9 Å². The first-order valence-electron chi connectivity index (χ1n) is 12.1. The van der Waals surface area contributed by atoms with Crippen LogP contribution < -0.4 is 20.8 Å². The molecule has 40 heavy (non-hydrogen) atoms. The molecular weight excluding hydrogens is 581 g/mol. The summed E-state index contributed by atoms with van der Waals surface area (Å²) in [4.78, 5) is 53.8. The molecule has 16 heteroatoms. The lowest BCUT2D eigenvalue weighted by atomic mass is 9.97. The SMILES string of the molecule is CO[C@@]1(NC(=O)C(NC(=O)NCC(C)C)c2cccs2)C(=O)N2C(C(=O)O)=C(CSc3ccc[n+]([O-])n3)CSC21. The van der Waals surface area contributed by atoms with Crippen molar-refractivity contribution >= 4 is 58.7 Å². The molecule has 4 rings (SSSR count). The molecule has 2 aliphatic rings. The van der Waals surface area contributed by atoms with Gasteiger partial charge in [0.2, 0.25) is 6.20 Å². The zero-order valence-corrected chi connectivity index (χ0v) is 24.2. The molecule has 0 spiro atoms. The van der Waals surface area contributed by atoms with Crippen LogP contribution in [0.3, 0.4) is 0 Å². The second-order valence-corrected chi connectivity index (χ2v) is 12.3. The Kier molecular flexibility index (Phi) is 9.22. The van der Waals surface area contributed by atoms with E-state index in [9.17, 15) is 29.5 Å². The summed E-state index contributed by atoms with van der Waals surface area (Å²) in [6.07, 6.45) is 1.24. The third kappa shape index (κ3) is 6.04. The van der Waals surface area contributed by atoms with Gasteiger partial charge in [-0.3, -0.25) is 14.5 Å². The van der Waals surface area contributed by atoms with Gasteiger partial charge in [-0.1, -0.05) is 36.5 Å². The smallest absolute Gasteiger partial charge is 0.352 e. The Morgan fingerprint density at radius 3 is 2.75 bits per heavy atom. The number of hydrogen-bond donors (Lipinski definition) is 4. The predicted molar refractivity (Wildman–Crippen MR) is 148 cm³/mol. The number of carboxylic acid groups (broad SMARTS) is 1. The molecule has 2 aromatic rings. The van der Waals surface area contributed by atoms with Crippen LogP contribution in [-0.2, 0) is 19.1 Å². The summed E-state index contributed by atoms with van der Waals surface area (Å²) >= 11 is 3.67. The molecular formula is C24H28N6O7S3. The van der Waals surface area contributed by atoms with E-state index in [1.807, 2.05) is 13.8 Å². The summed E-state index contributed by atoms with van der Waals surface area (Å²) in [5.74, 6) is -2.11. The molecule has 2 aliphatic heterocycles. The minimum absolute atomic E-state index is 0.185. The monoisotopic (exact) mass is 608 g/mol. The number of carboxylic acids is 1. The van der Waals surface area contributed by atoms with Gasteiger partial charge in [-0.2, -0.15) is 0 Å². The number of thiophene rings is 1. The molecule has 3 atom stereocenters. The number of fused-ring (bicyclic) bond motifs is 1. The Morgan fingerprint density at radius 1 is 1.35 bits per heavy atom. The maximum absolute atomic E-state index is 13.5. The Morgan fingerprint density at radius 2 is 2.12 bits per heavy atom. The molecule has 2 aromatic heterocycles. The fraction of sp³-hybridized carbons (Fsp3) is 0.417. The molecule has 1 fully saturated rings. The molecule has 0 aliphatic carbocycles. The number of nitrogens with zero attached hydrogens (tertiary/aromatic N) is 3. The number of β-lactam (4-membered cyclic amide) rings is 1. The van der Waals surface area contributed by atoms with Crippen molar-refractivity contribution in [1.29, 1.82) is 0 Å². The maximum atomic E-state index is 13.5. The first kappa shape index (κ1) is 29.6. The van der Waals surface area contributed by atoms with Gasteiger partial charge < -0.3 is 31.0 Å². The highest BCUT2D eigenvalue weighted by Gasteiger charge is 2.67. The van der Waals surface area contributed by atoms with Crippen LogP contribution in [-0.4, -0.2) is 75.2 Å². The van der Waals surface area contributed by atoms with Crippen molar-refractivity contribution in [3.8, 4) is 0 Å². The standard InChI is InChI=1S/C24H28N6O7S3/c1-13(2)10-25-23(35)26-17(15-6-5-9-38-15)19(31)27-24(37-3)21(34)30-18(20(32)33)14(12-40-22(24)30)11-39-16-7-4-8-29(36)28-16/h4-9,13,17,22H,10-12H2,1-3H3,(H,27,31)(H,32,33)(H2,25,26,35)/t17?,22?,24-/m0/s1. The molecule has 13 nitrogen and oxygen atoms in total. The van der Waals surface area contributed by atoms with Gasteiger partial charge in [0.05, 0.1) is 0 Å². The predicted octanol–water partition coefficient (Wildman–Crippen LogP) is 1.28. The Bertz CT molecular complexity index is 1320. The van der Waals surface area contributed by atoms with Crippen LogP contribution in [0.1, 0.15) is 24.8 Å². The van der Waals surface area contributed by atoms with Crippen LogP contribution in [0.2, 0.25) is 0 Å². The van der Waals surface area contributed by atoms with E-state index in [2.05, 4.69) is 21.0 Å². The van der Waals surface area contributed by atoms with Gasteiger partial charge in [0.1, 0.15) is 17.1 Å². The first-order chi connectivity index (χ1) is 19.1. The molecule has 0 aromatic carbocycles. The molecule has 4 N–H and O–H groups in total. The largest absolute Gasteiger partial charge is 0.594 e. The van der Waals surface area contributed by atoms with Gasteiger partial charge in [-0.25, -0.2) is 9.59 Å². The quantitative estimate of drug-likeness (QED) is 0.0955. The highest BCUT2D eigenvalue weighted by atomic mass is 32.2. The number of urea groups is 1. The Hall–Kier alpha value is -3.34. The van der Waals surface area contributed by atoms with Crippen LogP contribution in [0.15, 0.2) is 52.1 Å². The minimum Gasteiger partial charge on any atom is -0.594 e. The lowest BCUT2D eigenvalue weighted by Gasteiger charge is -2.56. The Balaban J connectivity index is 1.53. The number of nitrogens with one attached hydrogen (secondary N) is 3. The van der Waals surface area contributed by atoms with Crippen molar-refractivity contribution in [2.45, 2.75) is 36.0 Å². The summed E-state index contributed by atoms with van der Waals surface area (Å²) in [7, 11) is 1.26. The molecule has 1 saturated heterocycles. The van der Waals surface area contributed by atoms with Crippen molar-refractivity contribution in [3.63, 3.8) is 0 Å². The number of carbonyl (C=O) groups excluding carboxylic acids is 3. The normalized spacial score (nSPS) is 20.9. The van der Waals surface area contributed by atoms with E-state index in [1.165, 1.54) is 54.2 Å². The highest BCUT2D eigenvalue weighted by molar-refractivity contribution is 8.01. The molecule has 4 amide bonds. The lowest BCUT2D eigenvalue weighted by molar-refractivity contribution is -0.672. The van der Waals surface area contributed by atoms with Crippen LogP contribution in [0.4, 0.5) is 4.79 Å². The number of carbonyl (C=O) groups is 4. The van der Waals surface area contributed by atoms with Gasteiger partial charge >= 0.3 is 12.0 Å². The van der Waals surface area contributed by atoms with Crippen molar-refractivity contribution in [2.24, 2.45) is 5.92 Å². The zero-order valence-electron chi connectivity index (χ0n) is 21.8. The third-order valence-electron chi connectivity index (χ3n) is 6.02. The van der Waals surface area contributed by atoms with Crippen molar-refractivity contribution in [3.05, 3.63) is 57.2 Å².